The van der Waals surface area contributed by atoms with E-state index in [4.69, 9.17) is 15.2 Å². The van der Waals surface area contributed by atoms with Crippen molar-refractivity contribution in [2.24, 2.45) is 5.73 Å². The Hall–Kier alpha value is -1.22. The maximum atomic E-state index is 6.20. The SMILES string of the molecule is COc1cccc(CN)c1OC1(C)CCCC1. The van der Waals surface area contributed by atoms with Crippen LogP contribution < -0.4 is 15.2 Å². The van der Waals surface area contributed by atoms with Crippen LogP contribution in [0.3, 0.4) is 0 Å². The zero-order chi connectivity index (χ0) is 12.3. The monoisotopic (exact) mass is 235 g/mol. The first kappa shape index (κ1) is 12.2. The van der Waals surface area contributed by atoms with E-state index in [1.165, 1.54) is 12.8 Å². The van der Waals surface area contributed by atoms with Crippen molar-refractivity contribution in [1.82, 2.24) is 0 Å². The van der Waals surface area contributed by atoms with Gasteiger partial charge in [0.25, 0.3) is 0 Å². The normalized spacial score (nSPS) is 18.1. The first-order valence-electron chi connectivity index (χ1n) is 6.23. The Bertz CT molecular complexity index is 362. The summed E-state index contributed by atoms with van der Waals surface area (Å²) in [5, 5.41) is 0. The number of nitrogens with two attached hydrogens (primary N) is 1. The second-order valence-corrected chi connectivity index (χ2v) is 4.91. The number of hydrogen-bond donors (Lipinski definition) is 1. The van der Waals surface area contributed by atoms with E-state index >= 15 is 0 Å². The second kappa shape index (κ2) is 4.96. The highest BCUT2D eigenvalue weighted by atomic mass is 16.5. The second-order valence-electron chi connectivity index (χ2n) is 4.91. The maximum absolute atomic E-state index is 6.20. The first-order chi connectivity index (χ1) is 8.18. The molecule has 0 saturated heterocycles. The molecule has 0 aromatic heterocycles. The van der Waals surface area contributed by atoms with E-state index in [0.717, 1.165) is 29.9 Å². The molecule has 3 nitrogen and oxygen atoms in total. The maximum Gasteiger partial charge on any atom is 0.166 e. The van der Waals surface area contributed by atoms with E-state index < -0.39 is 0 Å². The van der Waals surface area contributed by atoms with Crippen molar-refractivity contribution >= 4 is 0 Å². The van der Waals surface area contributed by atoms with Crippen LogP contribution in [-0.4, -0.2) is 12.7 Å². The summed E-state index contributed by atoms with van der Waals surface area (Å²) in [5.74, 6) is 1.60. The summed E-state index contributed by atoms with van der Waals surface area (Å²) >= 11 is 0. The third-order valence-corrected chi connectivity index (χ3v) is 3.51. The zero-order valence-electron chi connectivity index (χ0n) is 10.7. The van der Waals surface area contributed by atoms with Crippen molar-refractivity contribution in [2.75, 3.05) is 7.11 Å². The zero-order valence-corrected chi connectivity index (χ0v) is 10.7. The minimum atomic E-state index is -0.0570. The Morgan fingerprint density at radius 3 is 2.59 bits per heavy atom. The molecule has 0 amide bonds. The predicted molar refractivity (Wildman–Crippen MR) is 68.4 cm³/mol. The molecule has 2 rings (SSSR count). The van der Waals surface area contributed by atoms with Crippen molar-refractivity contribution in [3.05, 3.63) is 23.8 Å². The van der Waals surface area contributed by atoms with Gasteiger partial charge in [-0.3, -0.25) is 0 Å². The predicted octanol–water partition coefficient (Wildman–Crippen LogP) is 2.87. The number of benzene rings is 1. The van der Waals surface area contributed by atoms with Crippen molar-refractivity contribution in [2.45, 2.75) is 44.8 Å². The molecule has 94 valence electrons. The van der Waals surface area contributed by atoms with E-state index in [1.807, 2.05) is 18.2 Å². The van der Waals surface area contributed by atoms with Gasteiger partial charge in [-0.05, 0) is 38.7 Å². The summed E-state index contributed by atoms with van der Waals surface area (Å²) in [5.41, 5.74) is 6.71. The number of rotatable bonds is 4. The van der Waals surface area contributed by atoms with E-state index in [2.05, 4.69) is 6.92 Å². The molecule has 1 aliphatic carbocycles. The van der Waals surface area contributed by atoms with Crippen molar-refractivity contribution in [3.8, 4) is 11.5 Å². The fourth-order valence-electron chi connectivity index (χ4n) is 2.47. The summed E-state index contributed by atoms with van der Waals surface area (Å²) in [7, 11) is 1.67. The van der Waals surface area contributed by atoms with Gasteiger partial charge in [0, 0.05) is 12.1 Å². The molecule has 0 atom stereocenters. The van der Waals surface area contributed by atoms with Gasteiger partial charge in [0.2, 0.25) is 0 Å². The molecule has 1 fully saturated rings. The van der Waals surface area contributed by atoms with Crippen molar-refractivity contribution in [3.63, 3.8) is 0 Å². The summed E-state index contributed by atoms with van der Waals surface area (Å²) in [6.07, 6.45) is 4.69. The Morgan fingerprint density at radius 2 is 2.00 bits per heavy atom. The molecule has 0 radical (unpaired) electrons. The average Bonchev–Trinajstić information content (AvgIpc) is 2.76. The lowest BCUT2D eigenvalue weighted by atomic mass is 10.0. The van der Waals surface area contributed by atoms with Crippen molar-refractivity contribution in [1.29, 1.82) is 0 Å². The molecule has 0 spiro atoms. The highest BCUT2D eigenvalue weighted by Gasteiger charge is 2.32. The number of ether oxygens (including phenoxy) is 2. The molecule has 1 saturated carbocycles. The molecule has 1 aromatic carbocycles. The van der Waals surface area contributed by atoms with E-state index in [0.29, 0.717) is 6.54 Å². The number of methoxy groups -OCH3 is 1. The van der Waals surface area contributed by atoms with Gasteiger partial charge in [0.05, 0.1) is 7.11 Å². The highest BCUT2D eigenvalue weighted by Crippen LogP contribution is 2.39. The molecule has 0 heterocycles. The lowest BCUT2D eigenvalue weighted by molar-refractivity contribution is 0.0913. The van der Waals surface area contributed by atoms with Gasteiger partial charge in [0.1, 0.15) is 5.60 Å². The van der Waals surface area contributed by atoms with Crippen LogP contribution >= 0.6 is 0 Å². The summed E-state index contributed by atoms with van der Waals surface area (Å²) in [6.45, 7) is 2.65. The quantitative estimate of drug-likeness (QED) is 0.872. The third-order valence-electron chi connectivity index (χ3n) is 3.51. The number of hydrogen-bond acceptors (Lipinski definition) is 3. The lowest BCUT2D eigenvalue weighted by Crippen LogP contribution is -2.29. The molecule has 0 bridgehead atoms. The van der Waals surface area contributed by atoms with Gasteiger partial charge < -0.3 is 15.2 Å². The van der Waals surface area contributed by atoms with Gasteiger partial charge >= 0.3 is 0 Å². The van der Waals surface area contributed by atoms with Gasteiger partial charge in [-0.1, -0.05) is 12.1 Å². The Labute approximate surface area is 103 Å². The van der Waals surface area contributed by atoms with Crippen LogP contribution in [0.25, 0.3) is 0 Å². The van der Waals surface area contributed by atoms with Gasteiger partial charge in [-0.25, -0.2) is 0 Å². The van der Waals surface area contributed by atoms with Crippen LogP contribution in [0.5, 0.6) is 11.5 Å². The van der Waals surface area contributed by atoms with Gasteiger partial charge in [-0.2, -0.15) is 0 Å². The average molecular weight is 235 g/mol. The van der Waals surface area contributed by atoms with Crippen LogP contribution in [0.2, 0.25) is 0 Å². The summed E-state index contributed by atoms with van der Waals surface area (Å²) in [6, 6.07) is 5.87. The third kappa shape index (κ3) is 2.55. The molecule has 3 heteroatoms. The molecular formula is C14H21NO2. The van der Waals surface area contributed by atoms with E-state index in [9.17, 15) is 0 Å². The molecule has 0 unspecified atom stereocenters. The van der Waals surface area contributed by atoms with Crippen LogP contribution in [0.4, 0.5) is 0 Å². The van der Waals surface area contributed by atoms with Gasteiger partial charge in [-0.15, -0.1) is 0 Å². The highest BCUT2D eigenvalue weighted by molar-refractivity contribution is 5.47. The van der Waals surface area contributed by atoms with E-state index in [1.54, 1.807) is 7.11 Å². The fourth-order valence-corrected chi connectivity index (χ4v) is 2.47. The minimum Gasteiger partial charge on any atom is -0.493 e. The topological polar surface area (TPSA) is 44.5 Å². The molecule has 1 aliphatic rings. The van der Waals surface area contributed by atoms with Crippen molar-refractivity contribution < 1.29 is 9.47 Å². The number of para-hydroxylation sites is 1. The molecule has 17 heavy (non-hydrogen) atoms. The van der Waals surface area contributed by atoms with Crippen LogP contribution in [0.15, 0.2) is 18.2 Å². The van der Waals surface area contributed by atoms with Crippen LogP contribution in [-0.2, 0) is 6.54 Å². The van der Waals surface area contributed by atoms with Crippen LogP contribution in [0, 0.1) is 0 Å². The van der Waals surface area contributed by atoms with Crippen LogP contribution in [0.1, 0.15) is 38.2 Å². The molecule has 0 aliphatic heterocycles. The summed E-state index contributed by atoms with van der Waals surface area (Å²) < 4.78 is 11.6. The van der Waals surface area contributed by atoms with Gasteiger partial charge in [0.15, 0.2) is 11.5 Å². The smallest absolute Gasteiger partial charge is 0.166 e. The lowest BCUT2D eigenvalue weighted by Gasteiger charge is -2.28. The molecule has 2 N–H and O–H groups in total. The largest absolute Gasteiger partial charge is 0.493 e. The summed E-state index contributed by atoms with van der Waals surface area (Å²) in [4.78, 5) is 0. The minimum absolute atomic E-state index is 0.0570. The van der Waals surface area contributed by atoms with E-state index in [-0.39, 0.29) is 5.60 Å². The first-order valence-corrected chi connectivity index (χ1v) is 6.23. The fraction of sp³-hybridized carbons (Fsp3) is 0.571. The standard InChI is InChI=1S/C14H21NO2/c1-14(8-3-4-9-14)17-13-11(10-15)6-5-7-12(13)16-2/h5-7H,3-4,8-10,15H2,1-2H3. The Balaban J connectivity index is 2.29. The Kier molecular flexibility index (Phi) is 3.57. The Morgan fingerprint density at radius 1 is 1.29 bits per heavy atom. The molecular weight excluding hydrogens is 214 g/mol. The molecule has 1 aromatic rings.